The number of phenols is 1. The average molecular weight is 269 g/mol. The number of amides is 1. The topological polar surface area (TPSA) is 58.6 Å². The number of carbonyl (C=O) groups is 1. The van der Waals surface area contributed by atoms with Gasteiger partial charge in [0.1, 0.15) is 11.5 Å². The molecule has 102 valence electrons. The van der Waals surface area contributed by atoms with Gasteiger partial charge in [-0.05, 0) is 36.6 Å². The van der Waals surface area contributed by atoms with Crippen LogP contribution in [0.1, 0.15) is 12.0 Å². The van der Waals surface area contributed by atoms with E-state index in [4.69, 9.17) is 4.74 Å². The molecule has 2 aromatic carbocycles. The number of para-hydroxylation sites is 3. The van der Waals surface area contributed by atoms with E-state index in [2.05, 4.69) is 5.32 Å². The minimum absolute atomic E-state index is 0.0528. The molecule has 0 bridgehead atoms. The number of rotatable bonds is 2. The molecule has 0 saturated carbocycles. The van der Waals surface area contributed by atoms with Crippen molar-refractivity contribution < 1.29 is 14.6 Å². The molecule has 1 aliphatic rings. The third-order valence-electron chi connectivity index (χ3n) is 3.37. The number of benzene rings is 2. The molecule has 3 rings (SSSR count). The highest BCUT2D eigenvalue weighted by Crippen LogP contribution is 2.28. The molecular weight excluding hydrogens is 254 g/mol. The van der Waals surface area contributed by atoms with E-state index in [1.165, 1.54) is 6.07 Å². The zero-order chi connectivity index (χ0) is 13.9. The highest BCUT2D eigenvalue weighted by Gasteiger charge is 2.26. The van der Waals surface area contributed by atoms with Gasteiger partial charge in [0.25, 0.3) is 5.91 Å². The Balaban J connectivity index is 1.72. The quantitative estimate of drug-likeness (QED) is 0.824. The van der Waals surface area contributed by atoms with Gasteiger partial charge < -0.3 is 15.2 Å². The molecule has 20 heavy (non-hydrogen) atoms. The van der Waals surface area contributed by atoms with E-state index in [9.17, 15) is 9.90 Å². The largest absolute Gasteiger partial charge is 0.506 e. The summed E-state index contributed by atoms with van der Waals surface area (Å²) in [6.45, 7) is 0. The molecule has 2 aromatic rings. The monoisotopic (exact) mass is 269 g/mol. The minimum atomic E-state index is -0.524. The standard InChI is InChI=1S/C16H15NO3/c18-13-7-3-2-6-12(13)17-16(19)15-10-9-11-5-1-4-8-14(11)20-15/h1-8,15,18H,9-10H2,(H,17,19). The van der Waals surface area contributed by atoms with E-state index >= 15 is 0 Å². The van der Waals surface area contributed by atoms with Crippen molar-refractivity contribution in [1.29, 1.82) is 0 Å². The molecule has 0 aromatic heterocycles. The molecule has 0 fully saturated rings. The summed E-state index contributed by atoms with van der Waals surface area (Å²) in [7, 11) is 0. The van der Waals surface area contributed by atoms with Gasteiger partial charge in [0, 0.05) is 0 Å². The number of phenolic OH excluding ortho intramolecular Hbond substituents is 1. The van der Waals surface area contributed by atoms with Crippen LogP contribution in [0.5, 0.6) is 11.5 Å². The van der Waals surface area contributed by atoms with Crippen molar-refractivity contribution >= 4 is 11.6 Å². The van der Waals surface area contributed by atoms with Crippen LogP contribution in [0, 0.1) is 0 Å². The maximum Gasteiger partial charge on any atom is 0.265 e. The molecule has 1 heterocycles. The van der Waals surface area contributed by atoms with E-state index in [1.807, 2.05) is 24.3 Å². The molecule has 0 spiro atoms. The predicted octanol–water partition coefficient (Wildman–Crippen LogP) is 2.72. The molecule has 4 nitrogen and oxygen atoms in total. The zero-order valence-electron chi connectivity index (χ0n) is 10.9. The molecule has 2 N–H and O–H groups in total. The maximum atomic E-state index is 12.2. The summed E-state index contributed by atoms with van der Waals surface area (Å²) >= 11 is 0. The molecule has 1 aliphatic heterocycles. The van der Waals surface area contributed by atoms with Gasteiger partial charge in [-0.15, -0.1) is 0 Å². The lowest BCUT2D eigenvalue weighted by Gasteiger charge is -2.25. The van der Waals surface area contributed by atoms with Crippen LogP contribution in [0.3, 0.4) is 0 Å². The second kappa shape index (κ2) is 5.25. The fraction of sp³-hybridized carbons (Fsp3) is 0.188. The van der Waals surface area contributed by atoms with Crippen molar-refractivity contribution in [2.45, 2.75) is 18.9 Å². The first-order chi connectivity index (χ1) is 9.74. The lowest BCUT2D eigenvalue weighted by atomic mass is 10.0. The third kappa shape index (κ3) is 2.45. The Morgan fingerprint density at radius 1 is 1.15 bits per heavy atom. The molecule has 4 heteroatoms. The van der Waals surface area contributed by atoms with E-state index in [1.54, 1.807) is 18.2 Å². The molecule has 1 atom stereocenters. The fourth-order valence-electron chi connectivity index (χ4n) is 2.30. The van der Waals surface area contributed by atoms with Gasteiger partial charge in [-0.25, -0.2) is 0 Å². The normalized spacial score (nSPS) is 16.9. The molecule has 0 aliphatic carbocycles. The van der Waals surface area contributed by atoms with Gasteiger partial charge in [0.05, 0.1) is 5.69 Å². The number of aryl methyl sites for hydroxylation is 1. The summed E-state index contributed by atoms with van der Waals surface area (Å²) in [5, 5.41) is 12.4. The zero-order valence-corrected chi connectivity index (χ0v) is 10.9. The molecule has 0 saturated heterocycles. The lowest BCUT2D eigenvalue weighted by Crippen LogP contribution is -2.35. The molecule has 1 unspecified atom stereocenters. The summed E-state index contributed by atoms with van der Waals surface area (Å²) in [4.78, 5) is 12.2. The van der Waals surface area contributed by atoms with E-state index < -0.39 is 6.10 Å². The van der Waals surface area contributed by atoms with Gasteiger partial charge in [-0.3, -0.25) is 4.79 Å². The summed E-state index contributed by atoms with van der Waals surface area (Å²) < 4.78 is 5.71. The van der Waals surface area contributed by atoms with Gasteiger partial charge >= 0.3 is 0 Å². The van der Waals surface area contributed by atoms with Crippen molar-refractivity contribution in [2.24, 2.45) is 0 Å². The van der Waals surface area contributed by atoms with Crippen molar-refractivity contribution in [1.82, 2.24) is 0 Å². The van der Waals surface area contributed by atoms with E-state index in [-0.39, 0.29) is 11.7 Å². The Labute approximate surface area is 117 Å². The van der Waals surface area contributed by atoms with Gasteiger partial charge in [0.2, 0.25) is 0 Å². The van der Waals surface area contributed by atoms with Crippen LogP contribution in [0.15, 0.2) is 48.5 Å². The minimum Gasteiger partial charge on any atom is -0.506 e. The first kappa shape index (κ1) is 12.5. The van der Waals surface area contributed by atoms with Gasteiger partial charge in [-0.2, -0.15) is 0 Å². The highest BCUT2D eigenvalue weighted by atomic mass is 16.5. The number of nitrogens with one attached hydrogen (secondary N) is 1. The molecular formula is C16H15NO3. The summed E-state index contributed by atoms with van der Waals surface area (Å²) in [5.41, 5.74) is 1.53. The lowest BCUT2D eigenvalue weighted by molar-refractivity contribution is -0.123. The second-order valence-corrected chi connectivity index (χ2v) is 4.76. The Morgan fingerprint density at radius 2 is 1.90 bits per heavy atom. The van der Waals surface area contributed by atoms with Crippen LogP contribution in [0.4, 0.5) is 5.69 Å². The van der Waals surface area contributed by atoms with Crippen LogP contribution < -0.4 is 10.1 Å². The number of fused-ring (bicyclic) bond motifs is 1. The Kier molecular flexibility index (Phi) is 3.29. The number of ether oxygens (including phenoxy) is 1. The van der Waals surface area contributed by atoms with Crippen LogP contribution >= 0.6 is 0 Å². The Morgan fingerprint density at radius 3 is 2.75 bits per heavy atom. The van der Waals surface area contributed by atoms with Crippen LogP contribution in [0.25, 0.3) is 0 Å². The Hall–Kier alpha value is -2.49. The molecule has 1 amide bonds. The summed E-state index contributed by atoms with van der Waals surface area (Å²) in [5.74, 6) is 0.578. The van der Waals surface area contributed by atoms with Crippen molar-refractivity contribution in [3.8, 4) is 11.5 Å². The number of aromatic hydroxyl groups is 1. The first-order valence-electron chi connectivity index (χ1n) is 6.57. The second-order valence-electron chi connectivity index (χ2n) is 4.76. The summed E-state index contributed by atoms with van der Waals surface area (Å²) in [6.07, 6.45) is 0.926. The summed E-state index contributed by atoms with van der Waals surface area (Å²) in [6, 6.07) is 14.4. The number of carbonyl (C=O) groups excluding carboxylic acids is 1. The average Bonchev–Trinajstić information content (AvgIpc) is 2.49. The van der Waals surface area contributed by atoms with Gasteiger partial charge in [0.15, 0.2) is 6.10 Å². The van der Waals surface area contributed by atoms with Crippen LogP contribution in [0.2, 0.25) is 0 Å². The first-order valence-corrected chi connectivity index (χ1v) is 6.57. The SMILES string of the molecule is O=C(Nc1ccccc1O)C1CCc2ccccc2O1. The number of hydrogen-bond acceptors (Lipinski definition) is 3. The maximum absolute atomic E-state index is 12.2. The fourth-order valence-corrected chi connectivity index (χ4v) is 2.30. The Bertz CT molecular complexity index is 639. The third-order valence-corrected chi connectivity index (χ3v) is 3.37. The van der Waals surface area contributed by atoms with Crippen molar-refractivity contribution in [3.63, 3.8) is 0 Å². The smallest absolute Gasteiger partial charge is 0.265 e. The number of hydrogen-bond donors (Lipinski definition) is 2. The van der Waals surface area contributed by atoms with Crippen LogP contribution in [-0.2, 0) is 11.2 Å². The van der Waals surface area contributed by atoms with Crippen LogP contribution in [-0.4, -0.2) is 17.1 Å². The highest BCUT2D eigenvalue weighted by molar-refractivity contribution is 5.95. The van der Waals surface area contributed by atoms with Gasteiger partial charge in [-0.1, -0.05) is 30.3 Å². The van der Waals surface area contributed by atoms with Crippen molar-refractivity contribution in [2.75, 3.05) is 5.32 Å². The predicted molar refractivity (Wildman–Crippen MR) is 75.9 cm³/mol. The van der Waals surface area contributed by atoms with Crippen molar-refractivity contribution in [3.05, 3.63) is 54.1 Å². The number of anilines is 1. The van der Waals surface area contributed by atoms with E-state index in [0.717, 1.165) is 17.7 Å². The molecule has 0 radical (unpaired) electrons. The van der Waals surface area contributed by atoms with E-state index in [0.29, 0.717) is 12.1 Å².